The van der Waals surface area contributed by atoms with E-state index in [2.05, 4.69) is 0 Å². The van der Waals surface area contributed by atoms with E-state index in [1.807, 2.05) is 0 Å². The van der Waals surface area contributed by atoms with Crippen molar-refractivity contribution in [3.05, 3.63) is 0 Å². The molecule has 0 heterocycles. The Balaban J connectivity index is 4.69. The van der Waals surface area contributed by atoms with Gasteiger partial charge in [0.05, 0.1) is 0 Å². The zero-order valence-electron chi connectivity index (χ0n) is 2.33. The van der Waals surface area contributed by atoms with Crippen molar-refractivity contribution >= 4 is 0 Å². The summed E-state index contributed by atoms with van der Waals surface area (Å²) < 4.78 is 47.1. The van der Waals surface area contributed by atoms with Crippen molar-refractivity contribution in [1.29, 1.82) is 0 Å². The van der Waals surface area contributed by atoms with E-state index >= 15 is 0 Å². The standard InChI is InChI=1S/3FH.2O.Re/h3*1H;;;/q;;;;;+3/p-3. The molecule has 0 N–H and O–H groups in total. The van der Waals surface area contributed by atoms with Crippen molar-refractivity contribution in [2.75, 3.05) is 0 Å². The third kappa shape index (κ3) is 13800. The van der Waals surface area contributed by atoms with E-state index in [9.17, 15) is 9.67 Å². The van der Waals surface area contributed by atoms with E-state index in [0.717, 1.165) is 0 Å². The summed E-state index contributed by atoms with van der Waals surface area (Å²) in [7, 11) is 0. The van der Waals surface area contributed by atoms with Crippen molar-refractivity contribution in [3.8, 4) is 0 Å². The molecule has 0 saturated heterocycles. The molecule has 6 heavy (non-hydrogen) atoms. The Hall–Kier alpha value is 0.0523. The second-order valence-corrected chi connectivity index (χ2v) is 4.71. The Kier molecular flexibility index (Phi) is 0.828. The van der Waals surface area contributed by atoms with E-state index in [-0.39, 0.29) is 0 Å². The number of hydrogen-bond donors (Lipinski definition) is 0. The molecule has 0 bridgehead atoms. The third-order valence-electron chi connectivity index (χ3n) is 0. The van der Waals surface area contributed by atoms with Crippen LogP contribution in [0, 0.1) is 0 Å². The molecule has 0 atom stereocenters. The van der Waals surface area contributed by atoms with Crippen molar-refractivity contribution in [3.63, 3.8) is 0 Å². The van der Waals surface area contributed by atoms with Crippen LogP contribution >= 0.6 is 0 Å². The topological polar surface area (TPSA) is 34.1 Å². The van der Waals surface area contributed by atoms with Gasteiger partial charge in [0.15, 0.2) is 0 Å². The molecule has 0 aliphatic heterocycles. The van der Waals surface area contributed by atoms with Gasteiger partial charge in [-0.3, -0.25) is 0 Å². The molecule has 0 aromatic carbocycles. The van der Waals surface area contributed by atoms with Gasteiger partial charge in [-0.25, -0.2) is 0 Å². The normalized spacial score (nSPS) is 18.8. The van der Waals surface area contributed by atoms with Crippen LogP contribution in [-0.2, 0) is 22.7 Å². The molecular weight excluding hydrogens is 275 g/mol. The molecule has 0 fully saturated rings. The van der Waals surface area contributed by atoms with Crippen LogP contribution in [0.2, 0.25) is 0 Å². The minimum absolute atomic E-state index is 8.33. The van der Waals surface area contributed by atoms with E-state index in [1.54, 1.807) is 0 Å². The van der Waals surface area contributed by atoms with Crippen LogP contribution in [0.1, 0.15) is 0 Å². The van der Waals surface area contributed by atoms with Gasteiger partial charge in [0.2, 0.25) is 0 Å². The average Bonchev–Trinajstić information content (AvgIpc) is 0.650. The van der Waals surface area contributed by atoms with Crippen LogP contribution in [0.3, 0.4) is 0 Å². The average molecular weight is 275 g/mol. The molecule has 0 aliphatic rings. The molecule has 0 amide bonds. The molecule has 0 saturated carbocycles. The summed E-state index contributed by atoms with van der Waals surface area (Å²) in [5, 5.41) is 0. The van der Waals surface area contributed by atoms with Gasteiger partial charge in [0, 0.05) is 0 Å². The molecule has 0 radical (unpaired) electrons. The van der Waals surface area contributed by atoms with Gasteiger partial charge in [-0.15, -0.1) is 0 Å². The Morgan fingerprint density at radius 2 is 1.00 bits per heavy atom. The van der Waals surface area contributed by atoms with Crippen molar-refractivity contribution < 1.29 is 32.4 Å². The Bertz CT molecular complexity index is 135. The first-order valence-electron chi connectivity index (χ1n) is 0.737. The maximum atomic E-state index is 10.1. The monoisotopic (exact) mass is 276 g/mol. The van der Waals surface area contributed by atoms with Gasteiger partial charge in [0.25, 0.3) is 0 Å². The molecule has 40 valence electrons. The fourth-order valence-corrected chi connectivity index (χ4v) is 0. The summed E-state index contributed by atoms with van der Waals surface area (Å²) in [5.41, 5.74) is 0. The van der Waals surface area contributed by atoms with Gasteiger partial charge in [0.1, 0.15) is 0 Å². The Morgan fingerprint density at radius 3 is 1.00 bits per heavy atom. The summed E-state index contributed by atoms with van der Waals surface area (Å²) in [6.45, 7) is 0. The van der Waals surface area contributed by atoms with E-state index < -0.39 is 15.8 Å². The predicted molar refractivity (Wildman–Crippen MR) is 4.70 cm³/mol. The van der Waals surface area contributed by atoms with Crippen LogP contribution in [0.5, 0.6) is 0 Å². The van der Waals surface area contributed by atoms with Crippen LogP contribution in [0.25, 0.3) is 0 Å². The molecule has 0 aromatic heterocycles. The minimum atomic E-state index is -8.70. The summed E-state index contributed by atoms with van der Waals surface area (Å²) >= 11 is -8.70. The summed E-state index contributed by atoms with van der Waals surface area (Å²) in [6, 6.07) is 0. The van der Waals surface area contributed by atoms with Gasteiger partial charge in [-0.1, -0.05) is 0 Å². The number of hydrogen-bond acceptors (Lipinski definition) is 2. The molecule has 0 spiro atoms. The molecular formula is F3O2Re. The number of halogens is 3. The van der Waals surface area contributed by atoms with Crippen molar-refractivity contribution in [1.82, 2.24) is 0 Å². The summed E-state index contributed by atoms with van der Waals surface area (Å²) in [4.78, 5) is 0. The van der Waals surface area contributed by atoms with Crippen LogP contribution in [-0.4, -0.2) is 0 Å². The second-order valence-electron chi connectivity index (χ2n) is 0.575. The number of rotatable bonds is 0. The molecule has 2 nitrogen and oxygen atoms in total. The third-order valence-corrected chi connectivity index (χ3v) is 0. The van der Waals surface area contributed by atoms with Crippen molar-refractivity contribution in [2.45, 2.75) is 0 Å². The Labute approximate surface area is 33.2 Å². The zero-order valence-corrected chi connectivity index (χ0v) is 5.04. The predicted octanol–water partition coefficient (Wildman–Crippen LogP) is 1.02. The fourth-order valence-electron chi connectivity index (χ4n) is 0. The molecule has 0 aromatic rings. The van der Waals surface area contributed by atoms with Crippen LogP contribution < -0.4 is 0 Å². The zero-order chi connectivity index (χ0) is 5.45. The fraction of sp³-hybridized carbons (Fsp3) is 0. The van der Waals surface area contributed by atoms with Crippen LogP contribution in [0.4, 0.5) is 9.67 Å². The summed E-state index contributed by atoms with van der Waals surface area (Å²) in [6.07, 6.45) is 0. The summed E-state index contributed by atoms with van der Waals surface area (Å²) in [5.74, 6) is 0. The van der Waals surface area contributed by atoms with Gasteiger partial charge in [-0.2, -0.15) is 0 Å². The molecule has 6 heteroatoms. The van der Waals surface area contributed by atoms with Crippen LogP contribution in [0.15, 0.2) is 0 Å². The first kappa shape index (κ1) is 6.05. The molecule has 0 rings (SSSR count). The molecule has 0 aliphatic carbocycles. The molecule has 0 unspecified atom stereocenters. The van der Waals surface area contributed by atoms with E-state index in [4.69, 9.17) is 6.94 Å². The van der Waals surface area contributed by atoms with Gasteiger partial charge in [-0.05, 0) is 0 Å². The van der Waals surface area contributed by atoms with Gasteiger partial charge >= 0.3 is 32.4 Å². The first-order valence-corrected chi connectivity index (χ1v) is 6.03. The maximum absolute atomic E-state index is 10.1. The SMILES string of the molecule is [O]=[Re](=[O])([F])([F])[F]. The quantitative estimate of drug-likeness (QED) is 0.661. The Morgan fingerprint density at radius 1 is 1.00 bits per heavy atom. The first-order chi connectivity index (χ1) is 2.24. The van der Waals surface area contributed by atoms with Gasteiger partial charge < -0.3 is 0 Å². The van der Waals surface area contributed by atoms with Crippen molar-refractivity contribution in [2.24, 2.45) is 0 Å². The van der Waals surface area contributed by atoms with E-state index in [0.29, 0.717) is 0 Å². The van der Waals surface area contributed by atoms with E-state index in [1.165, 1.54) is 0 Å². The second kappa shape index (κ2) is 0.821.